The van der Waals surface area contributed by atoms with Crippen LogP contribution < -0.4 is 74.6 Å². The van der Waals surface area contributed by atoms with E-state index in [2.05, 4.69) is 76.4 Å². The van der Waals surface area contributed by atoms with Crippen molar-refractivity contribution in [1.82, 2.24) is 0 Å². The molecule has 0 aliphatic rings. The van der Waals surface area contributed by atoms with Gasteiger partial charge in [-0.1, -0.05) is 39.0 Å². The van der Waals surface area contributed by atoms with Gasteiger partial charge in [-0.15, -0.1) is 6.42 Å². The summed E-state index contributed by atoms with van der Waals surface area (Å²) in [5.41, 5.74) is 4.47. The molecular weight excluding hydrogens is 559 g/mol. The SMILES string of the molecule is C#CC#CC#CC#CC#CC#CC(=O)OC[C@H](COP(=O)([O-])[O-])OC(=O)CCCCCCCC.CC(N)=O.[HH].[HH].[HH].[HH].[HH].[HH].[HH].[HH].[HH].[HH].[HH].[Na+].[Na+]. The first kappa shape index (κ1) is 44.9. The standard InChI is InChI=1S/C25H25O8P.C2H5NO.2Na.11H2/c1-3-5-7-9-11-12-13-14-16-17-19-24(26)31-21-23(22-32-34(28,29)30)33-25(27)20-18-15-10-8-6-4-2;1-2(3)4;;;;;;;;;;;;;/h1,23H,4,6,8,10,15,18,20-22H2,2H3,(H2,28,29,30);1H3,(H2,3,4);;;11*1H/q;;2*+1;;;;;;;;;;;/p-2/t23-;;;;;;;;;;;;;;/m1............../s1. The molecule has 1 amide bonds. The third-order valence-electron chi connectivity index (χ3n) is 3.59. The van der Waals surface area contributed by atoms with Gasteiger partial charge in [0.1, 0.15) is 6.61 Å². The number of primary amides is 1. The van der Waals surface area contributed by atoms with E-state index in [9.17, 15) is 28.7 Å². The summed E-state index contributed by atoms with van der Waals surface area (Å²) in [7, 11) is -5.30. The topological polar surface area (TPSA) is 168 Å². The summed E-state index contributed by atoms with van der Waals surface area (Å²) in [6, 6.07) is 0. The van der Waals surface area contributed by atoms with Gasteiger partial charge in [-0.05, 0) is 65.6 Å². The summed E-state index contributed by atoms with van der Waals surface area (Å²) in [6.07, 6.45) is 9.45. The maximum atomic E-state index is 12.0. The summed E-state index contributed by atoms with van der Waals surface area (Å²) >= 11 is 0. The maximum absolute atomic E-state index is 12.0. The quantitative estimate of drug-likeness (QED) is 0.0568. The first-order valence-corrected chi connectivity index (χ1v) is 12.7. The van der Waals surface area contributed by atoms with Crippen LogP contribution in [0.2, 0.25) is 0 Å². The Morgan fingerprint density at radius 1 is 0.875 bits per heavy atom. The fourth-order valence-electron chi connectivity index (χ4n) is 2.13. The van der Waals surface area contributed by atoms with Crippen molar-refractivity contribution in [3.63, 3.8) is 0 Å². The molecule has 13 heteroatoms. The Hall–Kier alpha value is -2.12. The van der Waals surface area contributed by atoms with Crippen LogP contribution in [0.5, 0.6) is 0 Å². The van der Waals surface area contributed by atoms with E-state index in [0.29, 0.717) is 6.42 Å². The second kappa shape index (κ2) is 31.4. The van der Waals surface area contributed by atoms with E-state index >= 15 is 0 Å². The van der Waals surface area contributed by atoms with Gasteiger partial charge in [-0.25, -0.2) is 4.79 Å². The average Bonchev–Trinajstić information content (AvgIpc) is 2.83. The van der Waals surface area contributed by atoms with Crippen molar-refractivity contribution >= 4 is 25.7 Å². The molecule has 40 heavy (non-hydrogen) atoms. The third kappa shape index (κ3) is 40.4. The molecule has 0 spiro atoms. The van der Waals surface area contributed by atoms with Crippen LogP contribution in [0.4, 0.5) is 0 Å². The fraction of sp³-hybridized carbons (Fsp3) is 0.444. The van der Waals surface area contributed by atoms with Gasteiger partial charge in [0.2, 0.25) is 5.91 Å². The molecule has 0 fully saturated rings. The minimum atomic E-state index is -5.30. The maximum Gasteiger partial charge on any atom is 1.00 e. The van der Waals surface area contributed by atoms with Crippen molar-refractivity contribution in [2.45, 2.75) is 64.9 Å². The predicted octanol–water partition coefficient (Wildman–Crippen LogP) is -3.11. The molecule has 0 heterocycles. The van der Waals surface area contributed by atoms with E-state index in [1.807, 2.05) is 5.92 Å². The van der Waals surface area contributed by atoms with Crippen LogP contribution in [0.1, 0.15) is 74.5 Å². The van der Waals surface area contributed by atoms with Gasteiger partial charge >= 0.3 is 71.1 Å². The van der Waals surface area contributed by atoms with Gasteiger partial charge in [0, 0.05) is 35.0 Å². The van der Waals surface area contributed by atoms with Gasteiger partial charge in [0.05, 0.1) is 14.4 Å². The molecule has 0 aromatic carbocycles. The molecule has 10 nitrogen and oxygen atoms in total. The van der Waals surface area contributed by atoms with Crippen LogP contribution in [0, 0.1) is 71.5 Å². The molecule has 0 saturated carbocycles. The molecular formula is C27H50NNa2O9P. The average molecular weight is 610 g/mol. The number of carbonyl (C=O) groups is 3. The van der Waals surface area contributed by atoms with Crippen LogP contribution in [-0.2, 0) is 32.9 Å². The van der Waals surface area contributed by atoms with Gasteiger partial charge in [-0.3, -0.25) is 9.59 Å². The molecule has 0 aliphatic carbocycles. The number of unbranched alkanes of at least 4 members (excludes halogenated alkanes) is 5. The van der Waals surface area contributed by atoms with Gasteiger partial charge < -0.3 is 34.1 Å². The molecule has 0 rings (SSSR count). The van der Waals surface area contributed by atoms with Crippen LogP contribution in [-0.4, -0.2) is 37.2 Å². The fourth-order valence-corrected chi connectivity index (χ4v) is 2.48. The number of terminal acetylenes is 1. The Balaban J connectivity index is -0.0000000555. The third-order valence-corrected chi connectivity index (χ3v) is 4.05. The molecule has 224 valence electrons. The monoisotopic (exact) mass is 609 g/mol. The molecule has 0 radical (unpaired) electrons. The summed E-state index contributed by atoms with van der Waals surface area (Å²) in [6.45, 7) is 2.06. The van der Waals surface area contributed by atoms with Crippen LogP contribution >= 0.6 is 7.82 Å². The summed E-state index contributed by atoms with van der Waals surface area (Å²) in [5, 5.41) is 0. The normalized spacial score (nSPS) is 8.97. The van der Waals surface area contributed by atoms with Crippen LogP contribution in [0.25, 0.3) is 0 Å². The molecule has 0 unspecified atom stereocenters. The number of hydrogen-bond acceptors (Lipinski definition) is 9. The molecule has 0 saturated heterocycles. The Morgan fingerprint density at radius 3 is 1.85 bits per heavy atom. The van der Waals surface area contributed by atoms with Gasteiger partial charge in [0.15, 0.2) is 6.10 Å². The zero-order valence-electron chi connectivity index (χ0n) is 23.2. The van der Waals surface area contributed by atoms with Gasteiger partial charge in [0.25, 0.3) is 0 Å². The smallest absolute Gasteiger partial charge is 0.790 e. The minimum Gasteiger partial charge on any atom is -0.790 e. The molecule has 0 aliphatic heterocycles. The number of phosphoric ester groups is 1. The molecule has 1 atom stereocenters. The van der Waals surface area contributed by atoms with E-state index in [0.717, 1.165) is 32.1 Å². The van der Waals surface area contributed by atoms with E-state index < -0.39 is 39.1 Å². The number of amides is 1. The molecule has 2 N–H and O–H groups in total. The van der Waals surface area contributed by atoms with Crippen molar-refractivity contribution in [1.29, 1.82) is 0 Å². The summed E-state index contributed by atoms with van der Waals surface area (Å²) < 4.78 is 24.7. The van der Waals surface area contributed by atoms with Gasteiger partial charge in [-0.2, -0.15) is 0 Å². The number of nitrogens with two attached hydrogens (primary N) is 1. The molecule has 0 bridgehead atoms. The summed E-state index contributed by atoms with van der Waals surface area (Å²) in [5.74, 6) is 23.0. The van der Waals surface area contributed by atoms with Crippen molar-refractivity contribution in [2.24, 2.45) is 5.73 Å². The number of carbonyl (C=O) groups excluding carboxylic acids is 3. The number of rotatable bonds is 13. The predicted molar refractivity (Wildman–Crippen MR) is 158 cm³/mol. The number of hydrogen-bond donors (Lipinski definition) is 1. The van der Waals surface area contributed by atoms with E-state index in [1.165, 1.54) is 6.92 Å². The van der Waals surface area contributed by atoms with Crippen molar-refractivity contribution < 1.29 is 118 Å². The van der Waals surface area contributed by atoms with E-state index in [4.69, 9.17) is 15.9 Å². The van der Waals surface area contributed by atoms with E-state index in [-0.39, 0.29) is 87.1 Å². The largest absolute Gasteiger partial charge is 1.00 e. The zero-order valence-corrected chi connectivity index (χ0v) is 28.1. The summed E-state index contributed by atoms with van der Waals surface area (Å²) in [4.78, 5) is 54.2. The van der Waals surface area contributed by atoms with E-state index in [1.54, 1.807) is 0 Å². The Labute approximate surface area is 297 Å². The Bertz CT molecular complexity index is 1220. The first-order valence-electron chi connectivity index (χ1n) is 11.3. The molecule has 0 aromatic heterocycles. The van der Waals surface area contributed by atoms with Crippen molar-refractivity contribution in [3.8, 4) is 71.5 Å². The Kier molecular flexibility index (Phi) is 35.2. The van der Waals surface area contributed by atoms with Crippen molar-refractivity contribution in [2.75, 3.05) is 13.2 Å². The zero-order chi connectivity index (χ0) is 29.1. The number of ether oxygens (including phenoxy) is 2. The number of esters is 2. The first-order chi connectivity index (χ1) is 18.0. The number of phosphoric acid groups is 1. The van der Waals surface area contributed by atoms with Crippen molar-refractivity contribution in [3.05, 3.63) is 0 Å². The molecule has 0 aromatic rings. The minimum absolute atomic E-state index is 0. The second-order valence-corrected chi connectivity index (χ2v) is 8.13. The van der Waals surface area contributed by atoms with Crippen LogP contribution in [0.15, 0.2) is 0 Å². The van der Waals surface area contributed by atoms with Crippen LogP contribution in [0.3, 0.4) is 0 Å². The Morgan fingerprint density at radius 2 is 1.35 bits per heavy atom. The second-order valence-electron chi connectivity index (χ2n) is 6.98.